The van der Waals surface area contributed by atoms with Crippen LogP contribution in [0.2, 0.25) is 5.02 Å². The van der Waals surface area contributed by atoms with E-state index in [1.807, 2.05) is 31.2 Å². The minimum absolute atomic E-state index is 0.524. The summed E-state index contributed by atoms with van der Waals surface area (Å²) in [5.74, 6) is 2.01. The average molecular weight is 357 g/mol. The second-order valence-electron chi connectivity index (χ2n) is 5.46. The van der Waals surface area contributed by atoms with Crippen molar-refractivity contribution in [3.63, 3.8) is 0 Å². The van der Waals surface area contributed by atoms with E-state index in [-0.39, 0.29) is 0 Å². The zero-order valence-corrected chi connectivity index (χ0v) is 15.1. The number of rotatable bonds is 5. The molecule has 3 rings (SSSR count). The Morgan fingerprint density at radius 2 is 1.79 bits per heavy atom. The molecule has 0 N–H and O–H groups in total. The van der Waals surface area contributed by atoms with Crippen LogP contribution in [0.25, 0.3) is 0 Å². The summed E-state index contributed by atoms with van der Waals surface area (Å²) in [6.07, 6.45) is 0. The molecule has 3 nitrogen and oxygen atoms in total. The average Bonchev–Trinajstić information content (AvgIpc) is 2.54. The second-order valence-corrected chi connectivity index (χ2v) is 6.84. The lowest BCUT2D eigenvalue weighted by Crippen LogP contribution is -1.95. The van der Waals surface area contributed by atoms with Gasteiger partial charge >= 0.3 is 0 Å². The maximum absolute atomic E-state index is 5.99. The third kappa shape index (κ3) is 4.73. The summed E-state index contributed by atoms with van der Waals surface area (Å²) < 4.78 is 5.80. The van der Waals surface area contributed by atoms with Crippen LogP contribution in [0.15, 0.2) is 59.8 Å². The number of aryl methyl sites for hydroxylation is 2. The zero-order valence-electron chi connectivity index (χ0n) is 13.5. The van der Waals surface area contributed by atoms with E-state index in [1.165, 1.54) is 11.1 Å². The Morgan fingerprint density at radius 3 is 2.54 bits per heavy atom. The molecule has 5 heteroatoms. The van der Waals surface area contributed by atoms with Gasteiger partial charge in [-0.25, -0.2) is 4.98 Å². The molecule has 3 aromatic rings. The molecule has 0 fully saturated rings. The molecule has 0 aliphatic rings. The van der Waals surface area contributed by atoms with Crippen molar-refractivity contribution in [3.8, 4) is 11.6 Å². The summed E-state index contributed by atoms with van der Waals surface area (Å²) in [5, 5.41) is 1.33. The summed E-state index contributed by atoms with van der Waals surface area (Å²) in [6.45, 7) is 4.02. The predicted molar refractivity (Wildman–Crippen MR) is 99.0 cm³/mol. The largest absolute Gasteiger partial charge is 0.439 e. The fraction of sp³-hybridized carbons (Fsp3) is 0.158. The minimum Gasteiger partial charge on any atom is -0.439 e. The first kappa shape index (κ1) is 16.8. The summed E-state index contributed by atoms with van der Waals surface area (Å²) in [7, 11) is 0. The SMILES string of the molecule is Cc1ccc(CSc2nc(C)cc(Oc3cccc(Cl)c3)n2)cc1. The van der Waals surface area contributed by atoms with Crippen molar-refractivity contribution in [2.75, 3.05) is 0 Å². The molecule has 2 aromatic carbocycles. The molecule has 0 saturated heterocycles. The summed E-state index contributed by atoms with van der Waals surface area (Å²) in [6, 6.07) is 17.6. The van der Waals surface area contributed by atoms with Gasteiger partial charge in [0, 0.05) is 22.5 Å². The number of hydrogen-bond acceptors (Lipinski definition) is 4. The van der Waals surface area contributed by atoms with Crippen molar-refractivity contribution >= 4 is 23.4 Å². The maximum Gasteiger partial charge on any atom is 0.223 e. The molecule has 0 aliphatic carbocycles. The van der Waals surface area contributed by atoms with Crippen LogP contribution in [0.5, 0.6) is 11.6 Å². The van der Waals surface area contributed by atoms with Crippen molar-refractivity contribution in [3.05, 3.63) is 76.4 Å². The lowest BCUT2D eigenvalue weighted by Gasteiger charge is -2.08. The van der Waals surface area contributed by atoms with E-state index >= 15 is 0 Å². The van der Waals surface area contributed by atoms with Gasteiger partial charge in [-0.3, -0.25) is 0 Å². The van der Waals surface area contributed by atoms with Gasteiger partial charge in [-0.15, -0.1) is 0 Å². The van der Waals surface area contributed by atoms with E-state index in [9.17, 15) is 0 Å². The topological polar surface area (TPSA) is 35.0 Å². The van der Waals surface area contributed by atoms with Crippen LogP contribution in [0.3, 0.4) is 0 Å². The second kappa shape index (κ2) is 7.69. The highest BCUT2D eigenvalue weighted by molar-refractivity contribution is 7.98. The Morgan fingerprint density at radius 1 is 1.00 bits per heavy atom. The highest BCUT2D eigenvalue weighted by atomic mass is 35.5. The molecule has 0 saturated carbocycles. The molecule has 0 aliphatic heterocycles. The standard InChI is InChI=1S/C19H17ClN2OS/c1-13-6-8-15(9-7-13)12-24-19-21-14(2)10-18(22-19)23-17-5-3-4-16(20)11-17/h3-11H,12H2,1-2H3. The van der Waals surface area contributed by atoms with Crippen LogP contribution >= 0.6 is 23.4 Å². The lowest BCUT2D eigenvalue weighted by molar-refractivity contribution is 0.454. The first-order valence-electron chi connectivity index (χ1n) is 7.56. The van der Waals surface area contributed by atoms with Crippen molar-refractivity contribution in [1.82, 2.24) is 9.97 Å². The maximum atomic E-state index is 5.99. The first-order valence-corrected chi connectivity index (χ1v) is 8.92. The van der Waals surface area contributed by atoms with Crippen molar-refractivity contribution in [2.45, 2.75) is 24.8 Å². The van der Waals surface area contributed by atoms with Gasteiger partial charge in [-0.1, -0.05) is 59.3 Å². The third-order valence-electron chi connectivity index (χ3n) is 3.32. The number of benzene rings is 2. The van der Waals surface area contributed by atoms with E-state index in [0.717, 1.165) is 11.4 Å². The van der Waals surface area contributed by atoms with Gasteiger partial charge in [0.1, 0.15) is 5.75 Å². The normalized spacial score (nSPS) is 10.6. The van der Waals surface area contributed by atoms with Gasteiger partial charge in [-0.05, 0) is 37.6 Å². The number of ether oxygens (including phenoxy) is 1. The Kier molecular flexibility index (Phi) is 5.38. The van der Waals surface area contributed by atoms with Gasteiger partial charge in [0.05, 0.1) is 0 Å². The van der Waals surface area contributed by atoms with E-state index < -0.39 is 0 Å². The fourth-order valence-electron chi connectivity index (χ4n) is 2.11. The molecular formula is C19H17ClN2OS. The van der Waals surface area contributed by atoms with E-state index in [4.69, 9.17) is 16.3 Å². The Balaban J connectivity index is 1.72. The van der Waals surface area contributed by atoms with Crippen LogP contribution < -0.4 is 4.74 Å². The third-order valence-corrected chi connectivity index (χ3v) is 4.47. The summed E-state index contributed by atoms with van der Waals surface area (Å²) in [4.78, 5) is 8.95. The summed E-state index contributed by atoms with van der Waals surface area (Å²) in [5.41, 5.74) is 3.37. The number of nitrogens with zero attached hydrogens (tertiary/aromatic N) is 2. The molecule has 122 valence electrons. The van der Waals surface area contributed by atoms with E-state index in [2.05, 4.69) is 41.2 Å². The lowest BCUT2D eigenvalue weighted by atomic mass is 10.2. The van der Waals surface area contributed by atoms with E-state index in [0.29, 0.717) is 21.8 Å². The molecule has 0 radical (unpaired) electrons. The quantitative estimate of drug-likeness (QED) is 0.425. The van der Waals surface area contributed by atoms with Gasteiger partial charge in [-0.2, -0.15) is 4.98 Å². The van der Waals surface area contributed by atoms with Gasteiger partial charge in [0.2, 0.25) is 5.88 Å². The highest BCUT2D eigenvalue weighted by Gasteiger charge is 2.06. The van der Waals surface area contributed by atoms with Crippen LogP contribution in [-0.4, -0.2) is 9.97 Å². The highest BCUT2D eigenvalue weighted by Crippen LogP contribution is 2.26. The Bertz CT molecular complexity index is 837. The molecule has 0 bridgehead atoms. The van der Waals surface area contributed by atoms with Crippen LogP contribution in [0, 0.1) is 13.8 Å². The molecule has 24 heavy (non-hydrogen) atoms. The van der Waals surface area contributed by atoms with Crippen LogP contribution in [0.4, 0.5) is 0 Å². The zero-order chi connectivity index (χ0) is 16.9. The van der Waals surface area contributed by atoms with Crippen molar-refractivity contribution in [1.29, 1.82) is 0 Å². The predicted octanol–water partition coefficient (Wildman–Crippen LogP) is 5.83. The van der Waals surface area contributed by atoms with Crippen molar-refractivity contribution < 1.29 is 4.74 Å². The monoisotopic (exact) mass is 356 g/mol. The van der Waals surface area contributed by atoms with Crippen LogP contribution in [-0.2, 0) is 5.75 Å². The molecule has 0 spiro atoms. The first-order chi connectivity index (χ1) is 11.6. The van der Waals surface area contributed by atoms with Gasteiger partial charge < -0.3 is 4.74 Å². The minimum atomic E-state index is 0.524. The number of thioether (sulfide) groups is 1. The molecule has 0 unspecified atom stereocenters. The van der Waals surface area contributed by atoms with Gasteiger partial charge in [0.25, 0.3) is 0 Å². The molecule has 0 atom stereocenters. The van der Waals surface area contributed by atoms with Crippen LogP contribution in [0.1, 0.15) is 16.8 Å². The number of halogens is 1. The summed E-state index contributed by atoms with van der Waals surface area (Å²) >= 11 is 7.58. The number of hydrogen-bond donors (Lipinski definition) is 0. The van der Waals surface area contributed by atoms with Crippen molar-refractivity contribution in [2.24, 2.45) is 0 Å². The molecule has 0 amide bonds. The number of aromatic nitrogens is 2. The molecule has 1 aromatic heterocycles. The Hall–Kier alpha value is -2.04. The fourth-order valence-corrected chi connectivity index (χ4v) is 3.15. The molecule has 1 heterocycles. The smallest absolute Gasteiger partial charge is 0.223 e. The Labute approximate surface area is 151 Å². The van der Waals surface area contributed by atoms with Gasteiger partial charge in [0.15, 0.2) is 5.16 Å². The molecular weight excluding hydrogens is 340 g/mol. The van der Waals surface area contributed by atoms with E-state index in [1.54, 1.807) is 17.8 Å².